The van der Waals surface area contributed by atoms with Crippen molar-refractivity contribution in [1.29, 1.82) is 0 Å². The van der Waals surface area contributed by atoms with Crippen molar-refractivity contribution in [3.63, 3.8) is 0 Å². The third-order valence-electron chi connectivity index (χ3n) is 2.18. The Bertz CT molecular complexity index is 425. The van der Waals surface area contributed by atoms with Gasteiger partial charge in [-0.2, -0.15) is 0 Å². The Balaban J connectivity index is 1.82. The molecular weight excluding hydrogens is 216 g/mol. The van der Waals surface area contributed by atoms with Crippen molar-refractivity contribution in [1.82, 2.24) is 0 Å². The number of nitrogens with one attached hydrogen (secondary N) is 1. The first kappa shape index (κ1) is 10.9. The zero-order valence-corrected chi connectivity index (χ0v) is 9.71. The molecule has 2 aromatic carbocycles. The van der Waals surface area contributed by atoms with Crippen LogP contribution in [0.4, 0.5) is 11.4 Å². The first-order valence-electron chi connectivity index (χ1n) is 5.12. The van der Waals surface area contributed by atoms with Gasteiger partial charge in [0.2, 0.25) is 0 Å². The molecule has 0 radical (unpaired) electrons. The van der Waals surface area contributed by atoms with Gasteiger partial charge < -0.3 is 10.5 Å². The van der Waals surface area contributed by atoms with Crippen molar-refractivity contribution in [2.45, 2.75) is 5.75 Å². The van der Waals surface area contributed by atoms with Crippen molar-refractivity contribution in [2.75, 3.05) is 10.5 Å². The highest BCUT2D eigenvalue weighted by Gasteiger charge is 1.93. The lowest BCUT2D eigenvalue weighted by Crippen LogP contribution is -1.89. The lowest BCUT2D eigenvalue weighted by Gasteiger charge is -2.05. The van der Waals surface area contributed by atoms with Gasteiger partial charge in [-0.15, -0.1) is 0 Å². The van der Waals surface area contributed by atoms with E-state index in [4.69, 9.17) is 5.73 Å². The van der Waals surface area contributed by atoms with Gasteiger partial charge in [0.1, 0.15) is 0 Å². The molecule has 0 spiro atoms. The summed E-state index contributed by atoms with van der Waals surface area (Å²) >= 11 is 1.67. The van der Waals surface area contributed by atoms with Crippen LogP contribution in [0.3, 0.4) is 0 Å². The fraction of sp³-hybridized carbons (Fsp3) is 0.0769. The summed E-state index contributed by atoms with van der Waals surface area (Å²) in [5.74, 6) is 0.950. The number of hydrogen-bond donors (Lipinski definition) is 2. The molecule has 0 saturated heterocycles. The Morgan fingerprint density at radius 1 is 0.938 bits per heavy atom. The minimum atomic E-state index is 0.790. The van der Waals surface area contributed by atoms with Crippen LogP contribution in [0.1, 0.15) is 5.56 Å². The Labute approximate surface area is 100 Å². The van der Waals surface area contributed by atoms with E-state index >= 15 is 0 Å². The highest BCUT2D eigenvalue weighted by molar-refractivity contribution is 7.99. The molecule has 3 N–H and O–H groups in total. The van der Waals surface area contributed by atoms with Gasteiger partial charge in [0.05, 0.1) is 0 Å². The van der Waals surface area contributed by atoms with E-state index < -0.39 is 0 Å². The summed E-state index contributed by atoms with van der Waals surface area (Å²) in [5, 5.41) is 0. The minimum Gasteiger partial charge on any atom is -0.399 e. The van der Waals surface area contributed by atoms with Gasteiger partial charge in [-0.25, -0.2) is 0 Å². The topological polar surface area (TPSA) is 38.0 Å². The second-order valence-electron chi connectivity index (χ2n) is 3.50. The highest BCUT2D eigenvalue weighted by Crippen LogP contribution is 2.17. The maximum absolute atomic E-state index is 5.61. The van der Waals surface area contributed by atoms with Gasteiger partial charge in [-0.05, 0) is 41.8 Å². The molecule has 0 aliphatic carbocycles. The molecule has 3 heteroatoms. The van der Waals surface area contributed by atoms with E-state index in [9.17, 15) is 0 Å². The number of nitrogen functional groups attached to an aromatic ring is 1. The summed E-state index contributed by atoms with van der Waals surface area (Å²) in [5.41, 5.74) is 8.80. The standard InChI is InChI=1S/C13H14N2S/c14-12-6-8-13(9-7-12)15-16-10-11-4-2-1-3-5-11/h1-9,15H,10,14H2. The summed E-state index contributed by atoms with van der Waals surface area (Å²) in [6.45, 7) is 0. The highest BCUT2D eigenvalue weighted by atomic mass is 32.2. The fourth-order valence-corrected chi connectivity index (χ4v) is 2.06. The van der Waals surface area contributed by atoms with Crippen LogP contribution in [0.25, 0.3) is 0 Å². The van der Waals surface area contributed by atoms with Crippen LogP contribution < -0.4 is 10.5 Å². The van der Waals surface area contributed by atoms with E-state index in [2.05, 4.69) is 29.0 Å². The van der Waals surface area contributed by atoms with Crippen molar-refractivity contribution < 1.29 is 0 Å². The number of anilines is 2. The Hall–Kier alpha value is -1.61. The molecule has 82 valence electrons. The van der Waals surface area contributed by atoms with Crippen LogP contribution in [0.2, 0.25) is 0 Å². The van der Waals surface area contributed by atoms with Gasteiger partial charge in [0.25, 0.3) is 0 Å². The van der Waals surface area contributed by atoms with Gasteiger partial charge in [0.15, 0.2) is 0 Å². The molecule has 0 heterocycles. The van der Waals surface area contributed by atoms with Crippen LogP contribution in [0, 0.1) is 0 Å². The predicted molar refractivity (Wildman–Crippen MR) is 72.2 cm³/mol. The van der Waals surface area contributed by atoms with Crippen LogP contribution in [-0.2, 0) is 5.75 Å². The van der Waals surface area contributed by atoms with Crippen LogP contribution in [0.5, 0.6) is 0 Å². The fourth-order valence-electron chi connectivity index (χ4n) is 1.33. The Kier molecular flexibility index (Phi) is 3.72. The summed E-state index contributed by atoms with van der Waals surface area (Å²) in [6.07, 6.45) is 0. The van der Waals surface area contributed by atoms with E-state index in [0.717, 1.165) is 17.1 Å². The van der Waals surface area contributed by atoms with Crippen LogP contribution in [0.15, 0.2) is 54.6 Å². The Morgan fingerprint density at radius 3 is 2.31 bits per heavy atom. The SMILES string of the molecule is Nc1ccc(NSCc2ccccc2)cc1. The molecule has 0 fully saturated rings. The van der Waals surface area contributed by atoms with Crippen molar-refractivity contribution in [2.24, 2.45) is 0 Å². The zero-order chi connectivity index (χ0) is 11.2. The molecule has 2 nitrogen and oxygen atoms in total. The second kappa shape index (κ2) is 5.47. The summed E-state index contributed by atoms with van der Waals surface area (Å²) in [7, 11) is 0. The number of rotatable bonds is 4. The van der Waals surface area contributed by atoms with Crippen molar-refractivity contribution in [3.8, 4) is 0 Å². The molecule has 0 unspecified atom stereocenters. The number of benzene rings is 2. The molecule has 0 atom stereocenters. The molecule has 16 heavy (non-hydrogen) atoms. The average molecular weight is 230 g/mol. The van der Waals surface area contributed by atoms with E-state index in [0.29, 0.717) is 0 Å². The van der Waals surface area contributed by atoms with Crippen molar-refractivity contribution in [3.05, 3.63) is 60.2 Å². The first-order chi connectivity index (χ1) is 7.84. The summed E-state index contributed by atoms with van der Waals surface area (Å²) < 4.78 is 3.28. The molecule has 0 bridgehead atoms. The maximum Gasteiger partial charge on any atom is 0.0441 e. The minimum absolute atomic E-state index is 0.790. The van der Waals surface area contributed by atoms with E-state index in [-0.39, 0.29) is 0 Å². The third-order valence-corrected chi connectivity index (χ3v) is 3.04. The summed E-state index contributed by atoms with van der Waals surface area (Å²) in [4.78, 5) is 0. The molecule has 0 aliphatic heterocycles. The Morgan fingerprint density at radius 2 is 1.62 bits per heavy atom. The third kappa shape index (κ3) is 3.21. The quantitative estimate of drug-likeness (QED) is 0.623. The second-order valence-corrected chi connectivity index (χ2v) is 4.28. The lowest BCUT2D eigenvalue weighted by atomic mass is 10.2. The average Bonchev–Trinajstić information content (AvgIpc) is 2.33. The van der Waals surface area contributed by atoms with Gasteiger partial charge >= 0.3 is 0 Å². The number of nitrogens with two attached hydrogens (primary N) is 1. The monoisotopic (exact) mass is 230 g/mol. The molecular formula is C13H14N2S. The molecule has 0 amide bonds. The summed E-state index contributed by atoms with van der Waals surface area (Å²) in [6, 6.07) is 18.1. The van der Waals surface area contributed by atoms with Crippen LogP contribution in [-0.4, -0.2) is 0 Å². The van der Waals surface area contributed by atoms with Gasteiger partial charge in [-0.3, -0.25) is 0 Å². The largest absolute Gasteiger partial charge is 0.399 e. The lowest BCUT2D eigenvalue weighted by molar-refractivity contribution is 1.42. The molecule has 0 saturated carbocycles. The first-order valence-corrected chi connectivity index (χ1v) is 6.10. The van der Waals surface area contributed by atoms with E-state index in [1.807, 2.05) is 30.3 Å². The van der Waals surface area contributed by atoms with Gasteiger partial charge in [-0.1, -0.05) is 30.3 Å². The maximum atomic E-state index is 5.61. The van der Waals surface area contributed by atoms with E-state index in [1.165, 1.54) is 5.56 Å². The zero-order valence-electron chi connectivity index (χ0n) is 8.89. The molecule has 2 aromatic rings. The smallest absolute Gasteiger partial charge is 0.0441 e. The van der Waals surface area contributed by atoms with Gasteiger partial charge in [0, 0.05) is 17.1 Å². The van der Waals surface area contributed by atoms with E-state index in [1.54, 1.807) is 11.9 Å². The molecule has 0 aromatic heterocycles. The normalized spacial score (nSPS) is 10.0. The molecule has 0 aliphatic rings. The van der Waals surface area contributed by atoms with Crippen molar-refractivity contribution >= 4 is 23.3 Å². The number of hydrogen-bond acceptors (Lipinski definition) is 3. The predicted octanol–water partition coefficient (Wildman–Crippen LogP) is 3.53. The molecule has 2 rings (SSSR count). The van der Waals surface area contributed by atoms with Crippen LogP contribution >= 0.6 is 11.9 Å².